The molecule has 0 aliphatic rings. The van der Waals surface area contributed by atoms with Crippen LogP contribution in [0.25, 0.3) is 0 Å². The lowest BCUT2D eigenvalue weighted by Gasteiger charge is -2.22. The number of halogens is 1. The minimum absolute atomic E-state index is 0.0124. The van der Waals surface area contributed by atoms with Gasteiger partial charge in [-0.05, 0) is 39.3 Å². The summed E-state index contributed by atoms with van der Waals surface area (Å²) in [5, 5.41) is 3.08. The SMILES string of the molecule is CCCOc1c(Cl)cc(C(=O)N(CC)CC(=O)NC(C)C)cc1OC. The molecule has 6 nitrogen and oxygen atoms in total. The van der Waals surface area contributed by atoms with Crippen LogP contribution in [0.5, 0.6) is 11.5 Å². The maximum Gasteiger partial charge on any atom is 0.254 e. The van der Waals surface area contributed by atoms with Gasteiger partial charge in [0.1, 0.15) is 0 Å². The van der Waals surface area contributed by atoms with E-state index in [0.29, 0.717) is 35.2 Å². The normalized spacial score (nSPS) is 10.5. The molecule has 1 aromatic carbocycles. The molecule has 1 rings (SSSR count). The molecule has 0 fully saturated rings. The van der Waals surface area contributed by atoms with Crippen molar-refractivity contribution >= 4 is 23.4 Å². The molecular formula is C18H27ClN2O4. The Morgan fingerprint density at radius 2 is 1.96 bits per heavy atom. The number of ether oxygens (including phenoxy) is 2. The van der Waals surface area contributed by atoms with E-state index in [1.165, 1.54) is 12.0 Å². The minimum atomic E-state index is -0.288. The van der Waals surface area contributed by atoms with E-state index < -0.39 is 0 Å². The molecule has 1 N–H and O–H groups in total. The number of amides is 2. The van der Waals surface area contributed by atoms with Crippen LogP contribution >= 0.6 is 11.6 Å². The summed E-state index contributed by atoms with van der Waals surface area (Å²) in [5.41, 5.74) is 0.352. The van der Waals surface area contributed by atoms with E-state index >= 15 is 0 Å². The second-order valence-corrected chi connectivity index (χ2v) is 6.29. The van der Waals surface area contributed by atoms with Gasteiger partial charge < -0.3 is 19.7 Å². The predicted octanol–water partition coefficient (Wildman–Crippen LogP) is 3.12. The van der Waals surface area contributed by atoms with Crippen molar-refractivity contribution in [1.82, 2.24) is 10.2 Å². The van der Waals surface area contributed by atoms with Crippen LogP contribution in [0.2, 0.25) is 5.02 Å². The summed E-state index contributed by atoms with van der Waals surface area (Å²) in [6.07, 6.45) is 0.828. The monoisotopic (exact) mass is 370 g/mol. The second-order valence-electron chi connectivity index (χ2n) is 5.88. The van der Waals surface area contributed by atoms with Gasteiger partial charge >= 0.3 is 0 Å². The first-order valence-corrected chi connectivity index (χ1v) is 8.80. The van der Waals surface area contributed by atoms with Gasteiger partial charge in [-0.1, -0.05) is 18.5 Å². The third-order valence-corrected chi connectivity index (χ3v) is 3.66. The van der Waals surface area contributed by atoms with Crippen molar-refractivity contribution in [3.05, 3.63) is 22.7 Å². The minimum Gasteiger partial charge on any atom is -0.493 e. The maximum absolute atomic E-state index is 12.7. The smallest absolute Gasteiger partial charge is 0.254 e. The molecule has 0 spiro atoms. The molecule has 0 bridgehead atoms. The van der Waals surface area contributed by atoms with Gasteiger partial charge in [0.25, 0.3) is 5.91 Å². The number of benzene rings is 1. The van der Waals surface area contributed by atoms with Crippen molar-refractivity contribution in [2.75, 3.05) is 26.8 Å². The summed E-state index contributed by atoms with van der Waals surface area (Å²) in [5.74, 6) is 0.324. The Kier molecular flexibility index (Phi) is 8.55. The number of nitrogens with one attached hydrogen (secondary N) is 1. The Labute approximate surface area is 154 Å². The summed E-state index contributed by atoms with van der Waals surface area (Å²) in [4.78, 5) is 26.1. The number of nitrogens with zero attached hydrogens (tertiary/aromatic N) is 1. The lowest BCUT2D eigenvalue weighted by molar-refractivity contribution is -0.122. The third kappa shape index (κ3) is 6.12. The quantitative estimate of drug-likeness (QED) is 0.725. The first kappa shape index (κ1) is 21.1. The Hall–Kier alpha value is -1.95. The van der Waals surface area contributed by atoms with E-state index in [1.807, 2.05) is 27.7 Å². The molecule has 2 amide bonds. The fraction of sp³-hybridized carbons (Fsp3) is 0.556. The van der Waals surface area contributed by atoms with Crippen molar-refractivity contribution in [2.24, 2.45) is 0 Å². The molecule has 0 aliphatic heterocycles. The van der Waals surface area contributed by atoms with E-state index in [1.54, 1.807) is 12.1 Å². The summed E-state index contributed by atoms with van der Waals surface area (Å²) in [6, 6.07) is 3.15. The number of carbonyl (C=O) groups excluding carboxylic acids is 2. The highest BCUT2D eigenvalue weighted by atomic mass is 35.5. The summed E-state index contributed by atoms with van der Waals surface area (Å²) in [6.45, 7) is 8.43. The fourth-order valence-electron chi connectivity index (χ4n) is 2.24. The van der Waals surface area contributed by atoms with Gasteiger partial charge in [-0.25, -0.2) is 0 Å². The number of likely N-dealkylation sites (N-methyl/N-ethyl adjacent to an activating group) is 1. The average Bonchev–Trinajstić information content (AvgIpc) is 2.56. The molecule has 1 aromatic rings. The molecule has 0 saturated carbocycles. The van der Waals surface area contributed by atoms with E-state index in [2.05, 4.69) is 5.32 Å². The number of hydrogen-bond acceptors (Lipinski definition) is 4. The summed E-state index contributed by atoms with van der Waals surface area (Å²) < 4.78 is 10.9. The van der Waals surface area contributed by atoms with Crippen LogP contribution in [0, 0.1) is 0 Å². The highest BCUT2D eigenvalue weighted by Gasteiger charge is 2.21. The van der Waals surface area contributed by atoms with Crippen LogP contribution < -0.4 is 14.8 Å². The van der Waals surface area contributed by atoms with E-state index in [-0.39, 0.29) is 24.4 Å². The van der Waals surface area contributed by atoms with Crippen molar-refractivity contribution in [1.29, 1.82) is 0 Å². The molecule has 0 atom stereocenters. The zero-order valence-corrected chi connectivity index (χ0v) is 16.3. The van der Waals surface area contributed by atoms with Gasteiger partial charge in [0.2, 0.25) is 5.91 Å². The molecule has 0 unspecified atom stereocenters. The second kappa shape index (κ2) is 10.1. The largest absolute Gasteiger partial charge is 0.493 e. The van der Waals surface area contributed by atoms with Gasteiger partial charge in [0, 0.05) is 18.2 Å². The Morgan fingerprint density at radius 3 is 2.48 bits per heavy atom. The molecule has 140 valence electrons. The molecule has 25 heavy (non-hydrogen) atoms. The average molecular weight is 371 g/mol. The van der Waals surface area contributed by atoms with Crippen LogP contribution in [0.1, 0.15) is 44.5 Å². The fourth-order valence-corrected chi connectivity index (χ4v) is 2.50. The Bertz CT molecular complexity index is 605. The van der Waals surface area contributed by atoms with Crippen molar-refractivity contribution in [2.45, 2.75) is 40.2 Å². The lowest BCUT2D eigenvalue weighted by atomic mass is 10.1. The van der Waals surface area contributed by atoms with Crippen LogP contribution in [0.3, 0.4) is 0 Å². The lowest BCUT2D eigenvalue weighted by Crippen LogP contribution is -2.42. The van der Waals surface area contributed by atoms with Crippen molar-refractivity contribution in [3.63, 3.8) is 0 Å². The predicted molar refractivity (Wildman–Crippen MR) is 98.6 cm³/mol. The van der Waals surface area contributed by atoms with Gasteiger partial charge in [0.05, 0.1) is 25.3 Å². The van der Waals surface area contributed by atoms with Gasteiger partial charge in [0.15, 0.2) is 11.5 Å². The summed E-state index contributed by atoms with van der Waals surface area (Å²) in [7, 11) is 1.49. The molecule has 0 aromatic heterocycles. The molecule has 0 radical (unpaired) electrons. The number of hydrogen-bond donors (Lipinski definition) is 1. The zero-order chi connectivity index (χ0) is 19.0. The van der Waals surface area contributed by atoms with E-state index in [9.17, 15) is 9.59 Å². The van der Waals surface area contributed by atoms with Gasteiger partial charge in [-0.15, -0.1) is 0 Å². The van der Waals surface area contributed by atoms with E-state index in [0.717, 1.165) is 6.42 Å². The van der Waals surface area contributed by atoms with Crippen LogP contribution in [0.15, 0.2) is 12.1 Å². The van der Waals surface area contributed by atoms with E-state index in [4.69, 9.17) is 21.1 Å². The van der Waals surface area contributed by atoms with Crippen LogP contribution in [0.4, 0.5) is 0 Å². The maximum atomic E-state index is 12.7. The summed E-state index contributed by atoms with van der Waals surface area (Å²) >= 11 is 6.26. The number of carbonyl (C=O) groups is 2. The van der Waals surface area contributed by atoms with Crippen molar-refractivity contribution < 1.29 is 19.1 Å². The number of methoxy groups -OCH3 is 1. The first-order valence-electron chi connectivity index (χ1n) is 8.42. The number of rotatable bonds is 9. The van der Waals surface area contributed by atoms with Gasteiger partial charge in [-0.2, -0.15) is 0 Å². The topological polar surface area (TPSA) is 67.9 Å². The zero-order valence-electron chi connectivity index (χ0n) is 15.5. The van der Waals surface area contributed by atoms with Crippen molar-refractivity contribution in [3.8, 4) is 11.5 Å². The molecule has 0 heterocycles. The van der Waals surface area contributed by atoms with Crippen LogP contribution in [-0.4, -0.2) is 49.6 Å². The first-order chi connectivity index (χ1) is 11.8. The Balaban J connectivity index is 3.02. The van der Waals surface area contributed by atoms with Crippen LogP contribution in [-0.2, 0) is 4.79 Å². The molecule has 0 aliphatic carbocycles. The molecule has 0 saturated heterocycles. The molecule has 7 heteroatoms. The standard InChI is InChI=1S/C18H27ClN2O4/c1-6-8-25-17-14(19)9-13(10-15(17)24-5)18(23)21(7-2)11-16(22)20-12(3)4/h9-10,12H,6-8,11H2,1-5H3,(H,20,22). The molecular weight excluding hydrogens is 344 g/mol. The highest BCUT2D eigenvalue weighted by molar-refractivity contribution is 6.32. The third-order valence-electron chi connectivity index (χ3n) is 3.38. The van der Waals surface area contributed by atoms with Gasteiger partial charge in [-0.3, -0.25) is 9.59 Å². The highest BCUT2D eigenvalue weighted by Crippen LogP contribution is 2.36. The Morgan fingerprint density at radius 1 is 1.28 bits per heavy atom.